The van der Waals surface area contributed by atoms with Gasteiger partial charge in [0.2, 0.25) is 21.8 Å². The Morgan fingerprint density at radius 2 is 1.52 bits per heavy atom. The van der Waals surface area contributed by atoms with Crippen LogP contribution in [0.25, 0.3) is 0 Å². The van der Waals surface area contributed by atoms with Crippen LogP contribution in [-0.4, -0.2) is 50.0 Å². The number of carbonyl (C=O) groups is 2. The molecule has 0 aliphatic heterocycles. The Hall–Kier alpha value is -3.72. The fraction of sp³-hybridized carbons (Fsp3) is 0.429. The van der Waals surface area contributed by atoms with Crippen molar-refractivity contribution in [3.63, 3.8) is 0 Å². The van der Waals surface area contributed by atoms with Crippen molar-refractivity contribution in [1.29, 1.82) is 0 Å². The van der Waals surface area contributed by atoms with Crippen LogP contribution < -0.4 is 9.62 Å². The van der Waals surface area contributed by atoms with Crippen molar-refractivity contribution >= 4 is 27.5 Å². The van der Waals surface area contributed by atoms with Crippen LogP contribution in [0.4, 0.5) is 10.1 Å². The Morgan fingerprint density at radius 1 is 0.886 bits per heavy atom. The molecule has 0 radical (unpaired) electrons. The van der Waals surface area contributed by atoms with Gasteiger partial charge >= 0.3 is 0 Å². The van der Waals surface area contributed by atoms with E-state index in [1.165, 1.54) is 16.4 Å². The molecule has 1 aliphatic carbocycles. The number of anilines is 1. The van der Waals surface area contributed by atoms with Gasteiger partial charge in [-0.3, -0.25) is 13.9 Å². The normalized spacial score (nSPS) is 14.5. The van der Waals surface area contributed by atoms with Gasteiger partial charge in [0.05, 0.1) is 11.9 Å². The average molecular weight is 622 g/mol. The first-order chi connectivity index (χ1) is 21.1. The number of benzene rings is 3. The summed E-state index contributed by atoms with van der Waals surface area (Å²) in [5, 5.41) is 3.21. The molecule has 9 heteroatoms. The summed E-state index contributed by atoms with van der Waals surface area (Å²) >= 11 is 0. The smallest absolute Gasteiger partial charge is 0.243 e. The van der Waals surface area contributed by atoms with E-state index in [2.05, 4.69) is 5.32 Å². The van der Waals surface area contributed by atoms with Crippen LogP contribution in [0.15, 0.2) is 78.9 Å². The number of halogens is 1. The molecule has 3 aromatic carbocycles. The van der Waals surface area contributed by atoms with Crippen LogP contribution in [0.3, 0.4) is 0 Å². The molecule has 44 heavy (non-hydrogen) atoms. The van der Waals surface area contributed by atoms with Crippen LogP contribution in [0, 0.1) is 5.82 Å². The number of carbonyl (C=O) groups excluding carboxylic acids is 2. The first kappa shape index (κ1) is 33.2. The zero-order valence-electron chi connectivity index (χ0n) is 25.8. The zero-order chi connectivity index (χ0) is 31.5. The molecular weight excluding hydrogens is 577 g/mol. The Bertz CT molecular complexity index is 1460. The molecule has 1 fully saturated rings. The van der Waals surface area contributed by atoms with Crippen molar-refractivity contribution in [2.75, 3.05) is 17.1 Å². The van der Waals surface area contributed by atoms with Crippen molar-refractivity contribution in [2.24, 2.45) is 0 Å². The molecule has 7 nitrogen and oxygen atoms in total. The fourth-order valence-corrected chi connectivity index (χ4v) is 6.75. The molecule has 1 unspecified atom stereocenters. The molecule has 0 spiro atoms. The van der Waals surface area contributed by atoms with Crippen LogP contribution in [-0.2, 0) is 39.0 Å². The van der Waals surface area contributed by atoms with Gasteiger partial charge in [-0.15, -0.1) is 0 Å². The average Bonchev–Trinajstić information content (AvgIpc) is 3.02. The molecule has 0 bridgehead atoms. The summed E-state index contributed by atoms with van der Waals surface area (Å²) < 4.78 is 40.5. The van der Waals surface area contributed by atoms with E-state index in [0.717, 1.165) is 55.9 Å². The molecule has 3 aromatic rings. The molecule has 1 atom stereocenters. The van der Waals surface area contributed by atoms with Gasteiger partial charge in [0, 0.05) is 32.0 Å². The van der Waals surface area contributed by atoms with Gasteiger partial charge in [-0.05, 0) is 66.6 Å². The summed E-state index contributed by atoms with van der Waals surface area (Å²) in [4.78, 5) is 29.5. The molecule has 2 amide bonds. The highest BCUT2D eigenvalue weighted by Gasteiger charge is 2.32. The lowest BCUT2D eigenvalue weighted by atomic mass is 9.94. The van der Waals surface area contributed by atoms with Crippen LogP contribution in [0.1, 0.15) is 68.6 Å². The van der Waals surface area contributed by atoms with E-state index < -0.39 is 16.1 Å². The Kier molecular flexibility index (Phi) is 11.9. The molecule has 0 saturated heterocycles. The molecule has 0 heterocycles. The summed E-state index contributed by atoms with van der Waals surface area (Å²) in [7, 11) is -3.59. The number of hydrogen-bond acceptors (Lipinski definition) is 4. The quantitative estimate of drug-likeness (QED) is 0.239. The van der Waals surface area contributed by atoms with Crippen LogP contribution in [0.5, 0.6) is 0 Å². The SMILES string of the molecule is CCc1ccc(N(CCCC(=O)N(Cc2ccc(F)cc2)C(Cc2ccccc2)C(=O)NC2CCCCC2)S(C)(=O)=O)cc1. The van der Waals surface area contributed by atoms with Crippen molar-refractivity contribution in [3.8, 4) is 0 Å². The van der Waals surface area contributed by atoms with E-state index in [0.29, 0.717) is 17.7 Å². The largest absolute Gasteiger partial charge is 0.352 e. The Labute approximate surface area is 261 Å². The van der Waals surface area contributed by atoms with Crippen molar-refractivity contribution in [1.82, 2.24) is 10.2 Å². The Balaban J connectivity index is 1.57. The topological polar surface area (TPSA) is 86.8 Å². The van der Waals surface area contributed by atoms with Gasteiger partial charge < -0.3 is 10.2 Å². The van der Waals surface area contributed by atoms with E-state index in [1.807, 2.05) is 49.4 Å². The van der Waals surface area contributed by atoms with E-state index in [-0.39, 0.29) is 49.6 Å². The predicted octanol–water partition coefficient (Wildman–Crippen LogP) is 6.02. The second kappa shape index (κ2) is 15.8. The fourth-order valence-electron chi connectivity index (χ4n) is 5.79. The minimum absolute atomic E-state index is 0.0439. The van der Waals surface area contributed by atoms with Crippen molar-refractivity contribution < 1.29 is 22.4 Å². The molecular formula is C35H44FN3O4S. The van der Waals surface area contributed by atoms with Gasteiger partial charge in [0.1, 0.15) is 11.9 Å². The minimum Gasteiger partial charge on any atom is -0.352 e. The summed E-state index contributed by atoms with van der Waals surface area (Å²) in [6, 6.07) is 22.2. The van der Waals surface area contributed by atoms with Gasteiger partial charge in [-0.25, -0.2) is 12.8 Å². The predicted molar refractivity (Wildman–Crippen MR) is 173 cm³/mol. The summed E-state index contributed by atoms with van der Waals surface area (Å²) in [6.07, 6.45) is 7.74. The first-order valence-electron chi connectivity index (χ1n) is 15.6. The molecule has 1 N–H and O–H groups in total. The lowest BCUT2D eigenvalue weighted by Gasteiger charge is -2.34. The number of sulfonamides is 1. The van der Waals surface area contributed by atoms with Gasteiger partial charge in [0.25, 0.3) is 0 Å². The van der Waals surface area contributed by atoms with E-state index in [1.54, 1.807) is 29.2 Å². The monoisotopic (exact) mass is 621 g/mol. The highest BCUT2D eigenvalue weighted by Crippen LogP contribution is 2.22. The first-order valence-corrected chi connectivity index (χ1v) is 17.4. The van der Waals surface area contributed by atoms with Gasteiger partial charge in [0.15, 0.2) is 0 Å². The molecule has 236 valence electrons. The van der Waals surface area contributed by atoms with E-state index in [4.69, 9.17) is 0 Å². The van der Waals surface area contributed by atoms with Crippen LogP contribution >= 0.6 is 0 Å². The third kappa shape index (κ3) is 9.64. The van der Waals surface area contributed by atoms with Gasteiger partial charge in [-0.2, -0.15) is 0 Å². The maximum Gasteiger partial charge on any atom is 0.243 e. The summed E-state index contributed by atoms with van der Waals surface area (Å²) in [5.74, 6) is -0.843. The third-order valence-corrected chi connectivity index (χ3v) is 9.47. The van der Waals surface area contributed by atoms with Crippen molar-refractivity contribution in [3.05, 3.63) is 101 Å². The molecule has 0 aromatic heterocycles. The number of nitrogens with one attached hydrogen (secondary N) is 1. The Morgan fingerprint density at radius 3 is 2.14 bits per heavy atom. The highest BCUT2D eigenvalue weighted by atomic mass is 32.2. The third-order valence-electron chi connectivity index (χ3n) is 8.27. The number of aryl methyl sites for hydroxylation is 1. The second-order valence-electron chi connectivity index (χ2n) is 11.7. The summed E-state index contributed by atoms with van der Waals surface area (Å²) in [5.41, 5.74) is 3.28. The molecule has 1 saturated carbocycles. The lowest BCUT2D eigenvalue weighted by Crippen LogP contribution is -2.52. The highest BCUT2D eigenvalue weighted by molar-refractivity contribution is 7.92. The van der Waals surface area contributed by atoms with Crippen molar-refractivity contribution in [2.45, 2.75) is 83.3 Å². The molecule has 4 rings (SSSR count). The maximum atomic E-state index is 14.0. The number of nitrogens with zero attached hydrogens (tertiary/aromatic N) is 2. The number of hydrogen-bond donors (Lipinski definition) is 1. The number of rotatable bonds is 14. The lowest BCUT2D eigenvalue weighted by molar-refractivity contribution is -0.141. The second-order valence-corrected chi connectivity index (χ2v) is 13.6. The molecule has 1 aliphatic rings. The van der Waals surface area contributed by atoms with E-state index >= 15 is 0 Å². The standard InChI is InChI=1S/C35H44FN3O4S/c1-3-27-18-22-32(23-19-27)39(44(2,42)43)24-10-15-34(40)38(26-29-16-20-30(36)21-17-29)33(25-28-11-6-4-7-12-28)35(41)37-31-13-8-5-9-14-31/h4,6-7,11-12,16-23,31,33H,3,5,8-10,13-15,24-26H2,1-2H3,(H,37,41). The maximum absolute atomic E-state index is 14.0. The summed E-state index contributed by atoms with van der Waals surface area (Å²) in [6.45, 7) is 2.29. The minimum atomic E-state index is -3.59. The van der Waals surface area contributed by atoms with Crippen LogP contribution in [0.2, 0.25) is 0 Å². The van der Waals surface area contributed by atoms with Gasteiger partial charge in [-0.1, -0.05) is 80.8 Å². The number of amides is 2. The van der Waals surface area contributed by atoms with E-state index in [9.17, 15) is 22.4 Å². The zero-order valence-corrected chi connectivity index (χ0v) is 26.6.